The molecule has 0 aromatic heterocycles. The minimum atomic E-state index is -1.78. The zero-order valence-electron chi connectivity index (χ0n) is 26.0. The van der Waals surface area contributed by atoms with E-state index in [0.717, 1.165) is 6.08 Å². The Morgan fingerprint density at radius 1 is 0.854 bits per heavy atom. The first-order valence-corrected chi connectivity index (χ1v) is 15.7. The Bertz CT molecular complexity index is 1290. The highest BCUT2D eigenvalue weighted by Gasteiger charge is 2.53. The fourth-order valence-corrected chi connectivity index (χ4v) is 6.58. The average molecular weight is 683 g/mol. The molecule has 1 aromatic carbocycles. The van der Waals surface area contributed by atoms with Gasteiger partial charge in [0.15, 0.2) is 18.7 Å². The van der Waals surface area contributed by atoms with E-state index in [-0.39, 0.29) is 24.0 Å². The summed E-state index contributed by atoms with van der Waals surface area (Å²) in [5.41, 5.74) is 0.993. The number of aliphatic hydroxyl groups excluding tert-OH is 7. The van der Waals surface area contributed by atoms with Crippen molar-refractivity contribution < 1.29 is 78.5 Å². The van der Waals surface area contributed by atoms with Crippen molar-refractivity contribution in [3.05, 3.63) is 53.8 Å². The van der Waals surface area contributed by atoms with E-state index in [0.29, 0.717) is 18.4 Å². The maximum Gasteiger partial charge on any atom is 0.337 e. The highest BCUT2D eigenvalue weighted by molar-refractivity contribution is 5.89. The highest BCUT2D eigenvalue weighted by Crippen LogP contribution is 2.47. The summed E-state index contributed by atoms with van der Waals surface area (Å²) in [4.78, 5) is 24.7. The summed E-state index contributed by atoms with van der Waals surface area (Å²) in [7, 11) is 1.24. The van der Waals surface area contributed by atoms with Gasteiger partial charge in [0.25, 0.3) is 0 Å². The van der Waals surface area contributed by atoms with E-state index in [1.807, 2.05) is 6.07 Å². The molecule has 0 radical (unpaired) electrons. The third kappa shape index (κ3) is 7.74. The third-order valence-corrected chi connectivity index (χ3v) is 9.20. The molecule has 3 heterocycles. The molecule has 2 unspecified atom stereocenters. The molecule has 7 N–H and O–H groups in total. The molecule has 1 aromatic rings. The second-order valence-corrected chi connectivity index (χ2v) is 12.1. The molecule has 4 aliphatic rings. The number of aliphatic hydroxyl groups is 7. The first kappa shape index (κ1) is 36.3. The molecule has 5 rings (SSSR count). The molecule has 48 heavy (non-hydrogen) atoms. The largest absolute Gasteiger partial charge is 0.472 e. The van der Waals surface area contributed by atoms with E-state index in [9.17, 15) is 45.3 Å². The first-order chi connectivity index (χ1) is 23.1. The van der Waals surface area contributed by atoms with Crippen molar-refractivity contribution >= 4 is 18.0 Å². The van der Waals surface area contributed by atoms with Crippen LogP contribution < -0.4 is 0 Å². The van der Waals surface area contributed by atoms with Gasteiger partial charge in [-0.3, -0.25) is 0 Å². The summed E-state index contributed by atoms with van der Waals surface area (Å²) >= 11 is 0. The summed E-state index contributed by atoms with van der Waals surface area (Å²) < 4.78 is 38.6. The molecule has 16 heteroatoms. The summed E-state index contributed by atoms with van der Waals surface area (Å²) in [6, 6.07) is 8.87. The Hall–Kier alpha value is -3.00. The average Bonchev–Trinajstić information content (AvgIpc) is 3.54. The lowest BCUT2D eigenvalue weighted by Crippen LogP contribution is -2.62. The Morgan fingerprint density at radius 2 is 1.56 bits per heavy atom. The number of ether oxygens (including phenoxy) is 7. The van der Waals surface area contributed by atoms with Crippen LogP contribution in [0.5, 0.6) is 0 Å². The quantitative estimate of drug-likeness (QED) is 0.0981. The molecular formula is C32H42O16. The normalized spacial score (nSPS) is 39.7. The predicted octanol–water partition coefficient (Wildman–Crippen LogP) is -2.06. The number of benzene rings is 1. The predicted molar refractivity (Wildman–Crippen MR) is 159 cm³/mol. The number of carbonyl (C=O) groups excluding carboxylic acids is 2. The van der Waals surface area contributed by atoms with E-state index in [1.54, 1.807) is 24.3 Å². The van der Waals surface area contributed by atoms with Crippen LogP contribution in [0.3, 0.4) is 0 Å². The molecule has 0 spiro atoms. The van der Waals surface area contributed by atoms with Gasteiger partial charge in [-0.1, -0.05) is 30.3 Å². The lowest BCUT2D eigenvalue weighted by atomic mass is 9.83. The maximum atomic E-state index is 12.4. The number of carbonyl (C=O) groups is 2. The van der Waals surface area contributed by atoms with Gasteiger partial charge in [-0.2, -0.15) is 0 Å². The monoisotopic (exact) mass is 682 g/mol. The molecule has 2 saturated heterocycles. The molecule has 16 nitrogen and oxygen atoms in total. The number of hydrogen-bond donors (Lipinski definition) is 7. The van der Waals surface area contributed by atoms with Crippen LogP contribution in [-0.4, -0.2) is 142 Å². The van der Waals surface area contributed by atoms with Crippen LogP contribution in [0.15, 0.2) is 48.2 Å². The third-order valence-electron chi connectivity index (χ3n) is 9.20. The van der Waals surface area contributed by atoms with E-state index >= 15 is 0 Å². The Balaban J connectivity index is 1.21. The Morgan fingerprint density at radius 3 is 2.25 bits per heavy atom. The molecule has 3 aliphatic heterocycles. The summed E-state index contributed by atoms with van der Waals surface area (Å²) in [6.07, 6.45) is -12.3. The van der Waals surface area contributed by atoms with Crippen molar-refractivity contribution in [2.45, 2.75) is 80.5 Å². The molecule has 14 atom stereocenters. The fraction of sp³-hybridized carbons (Fsp3) is 0.625. The molecule has 0 bridgehead atoms. The topological polar surface area (TPSA) is 240 Å². The van der Waals surface area contributed by atoms with E-state index in [4.69, 9.17) is 33.2 Å². The van der Waals surface area contributed by atoms with E-state index < -0.39 is 98.8 Å². The van der Waals surface area contributed by atoms with Crippen LogP contribution >= 0.6 is 0 Å². The van der Waals surface area contributed by atoms with E-state index in [1.165, 1.54) is 19.4 Å². The van der Waals surface area contributed by atoms with Gasteiger partial charge < -0.3 is 68.9 Å². The van der Waals surface area contributed by atoms with Gasteiger partial charge in [-0.05, 0) is 30.4 Å². The SMILES string of the molecule is COC(=O)C1=CO[C@@H](O[C@@H]2O[C@H](CO[C@@H]3O[C@H](CO)[C@@H](OC(=O)/C=C/c4ccccc4)[C@H](O)[C@H]3O)[C@@H](O)[C@H](O)[C@H]2O)C2C(CO)CC[C@H]12. The van der Waals surface area contributed by atoms with Crippen LogP contribution in [0.2, 0.25) is 0 Å². The van der Waals surface area contributed by atoms with Gasteiger partial charge in [0.2, 0.25) is 6.29 Å². The lowest BCUT2D eigenvalue weighted by Gasteiger charge is -2.44. The second kappa shape index (κ2) is 16.1. The molecule has 3 fully saturated rings. The van der Waals surface area contributed by atoms with Crippen molar-refractivity contribution in [2.75, 3.05) is 26.9 Å². The Labute approximate surface area is 275 Å². The first-order valence-electron chi connectivity index (χ1n) is 15.7. The minimum Gasteiger partial charge on any atom is -0.472 e. The number of methoxy groups -OCH3 is 1. The number of esters is 2. The number of rotatable bonds is 11. The molecule has 1 saturated carbocycles. The zero-order chi connectivity index (χ0) is 34.5. The standard InChI is InChI=1S/C32H42O16/c1-42-29(41)18-13-43-30(22-16(11-33)8-9-17(18)22)48-32-26(39)24(37)23(36)20(46-32)14-44-31-27(40)25(38)28(19(12-34)45-31)47-21(35)10-7-15-5-3-2-4-6-15/h2-7,10,13,16-17,19-20,22-28,30-34,36-40H,8-9,11-12,14H2,1H3/b10-7+/t16?,17-,19-,20-,22?,23-,24+,25-,26-,27-,28-,30+,31-,32+/m1/s1. The van der Waals surface area contributed by atoms with Gasteiger partial charge in [0, 0.05) is 24.5 Å². The second-order valence-electron chi connectivity index (χ2n) is 12.1. The van der Waals surface area contributed by atoms with Gasteiger partial charge in [0.05, 0.1) is 32.2 Å². The summed E-state index contributed by atoms with van der Waals surface area (Å²) in [6.45, 7) is -1.51. The summed E-state index contributed by atoms with van der Waals surface area (Å²) in [5, 5.41) is 73.3. The van der Waals surface area contributed by atoms with Crippen molar-refractivity contribution in [3.8, 4) is 0 Å². The van der Waals surface area contributed by atoms with Crippen LogP contribution in [0, 0.1) is 17.8 Å². The van der Waals surface area contributed by atoms with Crippen LogP contribution in [0.4, 0.5) is 0 Å². The van der Waals surface area contributed by atoms with Gasteiger partial charge in [0.1, 0.15) is 42.7 Å². The van der Waals surface area contributed by atoms with Crippen molar-refractivity contribution in [1.82, 2.24) is 0 Å². The lowest BCUT2D eigenvalue weighted by molar-refractivity contribution is -0.354. The van der Waals surface area contributed by atoms with E-state index in [2.05, 4.69) is 0 Å². The maximum absolute atomic E-state index is 12.4. The Kier molecular flexibility index (Phi) is 12.2. The van der Waals surface area contributed by atoms with Gasteiger partial charge in [-0.15, -0.1) is 0 Å². The van der Waals surface area contributed by atoms with Crippen molar-refractivity contribution in [1.29, 1.82) is 0 Å². The van der Waals surface area contributed by atoms with Crippen molar-refractivity contribution in [3.63, 3.8) is 0 Å². The number of hydrogen-bond acceptors (Lipinski definition) is 16. The summed E-state index contributed by atoms with van der Waals surface area (Å²) in [5.74, 6) is -2.66. The molecule has 1 aliphatic carbocycles. The highest BCUT2D eigenvalue weighted by atomic mass is 16.8. The smallest absolute Gasteiger partial charge is 0.337 e. The van der Waals surface area contributed by atoms with Crippen LogP contribution in [0.25, 0.3) is 6.08 Å². The zero-order valence-corrected chi connectivity index (χ0v) is 26.0. The van der Waals surface area contributed by atoms with Crippen molar-refractivity contribution in [2.24, 2.45) is 17.8 Å². The van der Waals surface area contributed by atoms with Gasteiger partial charge >= 0.3 is 11.9 Å². The van der Waals surface area contributed by atoms with Crippen LogP contribution in [-0.2, 0) is 42.7 Å². The fourth-order valence-electron chi connectivity index (χ4n) is 6.58. The molecular weight excluding hydrogens is 640 g/mol. The minimum absolute atomic E-state index is 0.223. The molecule has 266 valence electrons. The van der Waals surface area contributed by atoms with Crippen LogP contribution in [0.1, 0.15) is 18.4 Å². The van der Waals surface area contributed by atoms with Gasteiger partial charge in [-0.25, -0.2) is 9.59 Å². The molecule has 0 amide bonds. The number of fused-ring (bicyclic) bond motifs is 1.